The molecule has 0 atom stereocenters. The van der Waals surface area contributed by atoms with Gasteiger partial charge in [0, 0.05) is 6.54 Å². The summed E-state index contributed by atoms with van der Waals surface area (Å²) in [7, 11) is -3.21. The van der Waals surface area contributed by atoms with E-state index in [-0.39, 0.29) is 12.3 Å². The molecule has 0 saturated heterocycles. The molecule has 0 unspecified atom stereocenters. The van der Waals surface area contributed by atoms with Crippen molar-refractivity contribution in [2.24, 2.45) is 0 Å². The first kappa shape index (κ1) is 14.9. The van der Waals surface area contributed by atoms with Crippen molar-refractivity contribution in [3.8, 4) is 0 Å². The van der Waals surface area contributed by atoms with E-state index in [1.54, 1.807) is 0 Å². The summed E-state index contributed by atoms with van der Waals surface area (Å²) in [5.74, 6) is 0.146. The predicted molar refractivity (Wildman–Crippen MR) is 62.2 cm³/mol. The summed E-state index contributed by atoms with van der Waals surface area (Å²) >= 11 is 0. The maximum Gasteiger partial charge on any atom is 0.211 e. The van der Waals surface area contributed by atoms with Gasteiger partial charge >= 0.3 is 0 Å². The van der Waals surface area contributed by atoms with Gasteiger partial charge in [0.25, 0.3) is 0 Å². The molecule has 0 aliphatic carbocycles. The Labute approximate surface area is 93.1 Å². The molecule has 15 heavy (non-hydrogen) atoms. The number of sulfonamides is 1. The van der Waals surface area contributed by atoms with E-state index in [0.29, 0.717) is 19.3 Å². The van der Waals surface area contributed by atoms with Crippen molar-refractivity contribution in [3.05, 3.63) is 0 Å². The maximum absolute atomic E-state index is 11.4. The average Bonchev–Trinajstić information content (AvgIpc) is 2.23. The lowest BCUT2D eigenvalue weighted by Crippen LogP contribution is -2.42. The first-order valence-electron chi connectivity index (χ1n) is 5.59. The third kappa shape index (κ3) is 6.12. The minimum atomic E-state index is -3.21. The first-order valence-corrected chi connectivity index (χ1v) is 7.24. The van der Waals surface area contributed by atoms with E-state index in [1.807, 2.05) is 20.8 Å². The molecule has 0 spiro atoms. The molecule has 0 amide bonds. The van der Waals surface area contributed by atoms with Gasteiger partial charge in [0.1, 0.15) is 0 Å². The lowest BCUT2D eigenvalue weighted by molar-refractivity contribution is 0.0377. The zero-order valence-electron chi connectivity index (χ0n) is 9.91. The number of unbranched alkanes of at least 4 members (excludes halogenated alkanes) is 1. The standard InChI is InChI=1S/C10H23NO3S/c1-4-7-8-15(13,14)11-9-10(12,5-2)6-3/h11-12H,4-9H2,1-3H3. The molecule has 0 saturated carbocycles. The van der Waals surface area contributed by atoms with E-state index in [2.05, 4.69) is 4.72 Å². The molecule has 0 heterocycles. The van der Waals surface area contributed by atoms with Gasteiger partial charge in [-0.15, -0.1) is 0 Å². The molecule has 0 radical (unpaired) electrons. The van der Waals surface area contributed by atoms with Crippen molar-refractivity contribution in [2.75, 3.05) is 12.3 Å². The molecule has 0 aromatic rings. The fourth-order valence-corrected chi connectivity index (χ4v) is 2.45. The number of hydrogen-bond donors (Lipinski definition) is 2. The van der Waals surface area contributed by atoms with Crippen molar-refractivity contribution in [1.82, 2.24) is 4.72 Å². The molecule has 4 nitrogen and oxygen atoms in total. The topological polar surface area (TPSA) is 66.4 Å². The van der Waals surface area contributed by atoms with Crippen LogP contribution in [0.1, 0.15) is 46.5 Å². The quantitative estimate of drug-likeness (QED) is 0.668. The van der Waals surface area contributed by atoms with E-state index in [9.17, 15) is 13.5 Å². The van der Waals surface area contributed by atoms with E-state index in [1.165, 1.54) is 0 Å². The summed E-state index contributed by atoms with van der Waals surface area (Å²) in [5.41, 5.74) is -0.903. The highest BCUT2D eigenvalue weighted by atomic mass is 32.2. The monoisotopic (exact) mass is 237 g/mol. The Morgan fingerprint density at radius 1 is 1.20 bits per heavy atom. The Balaban J connectivity index is 4.13. The second-order valence-corrected chi connectivity index (χ2v) is 5.85. The summed E-state index contributed by atoms with van der Waals surface area (Å²) in [4.78, 5) is 0. The molecule has 0 aromatic heterocycles. The Bertz CT molecular complexity index is 258. The van der Waals surface area contributed by atoms with Crippen LogP contribution in [0.4, 0.5) is 0 Å². The first-order chi connectivity index (χ1) is 6.89. The van der Waals surface area contributed by atoms with Gasteiger partial charge in [0.05, 0.1) is 11.4 Å². The molecule has 0 bridgehead atoms. The molecule has 0 rings (SSSR count). The largest absolute Gasteiger partial charge is 0.389 e. The summed E-state index contributed by atoms with van der Waals surface area (Å²) < 4.78 is 25.3. The predicted octanol–water partition coefficient (Wildman–Crippen LogP) is 1.26. The molecule has 0 aromatic carbocycles. The van der Waals surface area contributed by atoms with E-state index in [0.717, 1.165) is 6.42 Å². The molecule has 0 aliphatic heterocycles. The van der Waals surface area contributed by atoms with Crippen LogP contribution < -0.4 is 4.72 Å². The van der Waals surface area contributed by atoms with Gasteiger partial charge in [-0.1, -0.05) is 27.2 Å². The normalized spacial score (nSPS) is 13.1. The third-order valence-electron chi connectivity index (χ3n) is 2.70. The number of rotatable bonds is 8. The van der Waals surface area contributed by atoms with Crippen LogP contribution in [0.25, 0.3) is 0 Å². The van der Waals surface area contributed by atoms with Crippen LogP contribution in [0, 0.1) is 0 Å². The van der Waals surface area contributed by atoms with Gasteiger partial charge in [0.2, 0.25) is 10.0 Å². The van der Waals surface area contributed by atoms with Crippen LogP contribution in [0.5, 0.6) is 0 Å². The highest BCUT2D eigenvalue weighted by molar-refractivity contribution is 7.89. The Hall–Kier alpha value is -0.130. The number of aliphatic hydroxyl groups is 1. The van der Waals surface area contributed by atoms with Crippen LogP contribution in [-0.2, 0) is 10.0 Å². The third-order valence-corrected chi connectivity index (χ3v) is 4.11. The summed E-state index contributed by atoms with van der Waals surface area (Å²) in [6.45, 7) is 5.77. The zero-order chi connectivity index (χ0) is 11.9. The van der Waals surface area contributed by atoms with Gasteiger partial charge in [-0.3, -0.25) is 0 Å². The SMILES string of the molecule is CCCCS(=O)(=O)NCC(O)(CC)CC. The van der Waals surface area contributed by atoms with Gasteiger partial charge < -0.3 is 5.11 Å². The Kier molecular flexibility index (Phi) is 6.40. The Morgan fingerprint density at radius 3 is 2.13 bits per heavy atom. The molecule has 0 aliphatic rings. The van der Waals surface area contributed by atoms with E-state index in [4.69, 9.17) is 0 Å². The molecule has 5 heteroatoms. The second kappa shape index (κ2) is 6.45. The van der Waals surface area contributed by atoms with Crippen LogP contribution in [0.2, 0.25) is 0 Å². The van der Waals surface area contributed by atoms with E-state index < -0.39 is 15.6 Å². The molecule has 0 fully saturated rings. The second-order valence-electron chi connectivity index (χ2n) is 3.92. The molecular formula is C10H23NO3S. The van der Waals surface area contributed by atoms with Crippen LogP contribution in [-0.4, -0.2) is 31.4 Å². The summed E-state index contributed by atoms with van der Waals surface area (Å²) in [6.07, 6.45) is 2.62. The summed E-state index contributed by atoms with van der Waals surface area (Å²) in [5, 5.41) is 9.89. The zero-order valence-corrected chi connectivity index (χ0v) is 10.7. The fourth-order valence-electron chi connectivity index (χ4n) is 1.15. The van der Waals surface area contributed by atoms with Crippen molar-refractivity contribution < 1.29 is 13.5 Å². The van der Waals surface area contributed by atoms with Crippen LogP contribution in [0.3, 0.4) is 0 Å². The van der Waals surface area contributed by atoms with Gasteiger partial charge in [0.15, 0.2) is 0 Å². The summed E-state index contributed by atoms with van der Waals surface area (Å²) in [6, 6.07) is 0. The van der Waals surface area contributed by atoms with E-state index >= 15 is 0 Å². The lowest BCUT2D eigenvalue weighted by Gasteiger charge is -2.25. The van der Waals surface area contributed by atoms with Crippen molar-refractivity contribution in [2.45, 2.75) is 52.1 Å². The highest BCUT2D eigenvalue weighted by Crippen LogP contribution is 2.13. The molecular weight excluding hydrogens is 214 g/mol. The molecule has 92 valence electrons. The van der Waals surface area contributed by atoms with Gasteiger partial charge in [-0.05, 0) is 19.3 Å². The minimum Gasteiger partial charge on any atom is -0.389 e. The highest BCUT2D eigenvalue weighted by Gasteiger charge is 2.24. The van der Waals surface area contributed by atoms with Gasteiger partial charge in [-0.25, -0.2) is 13.1 Å². The average molecular weight is 237 g/mol. The van der Waals surface area contributed by atoms with Gasteiger partial charge in [-0.2, -0.15) is 0 Å². The minimum absolute atomic E-state index is 0.117. The number of hydrogen-bond acceptors (Lipinski definition) is 3. The number of nitrogens with one attached hydrogen (secondary N) is 1. The van der Waals surface area contributed by atoms with Crippen molar-refractivity contribution in [3.63, 3.8) is 0 Å². The van der Waals surface area contributed by atoms with Crippen LogP contribution >= 0.6 is 0 Å². The molecule has 2 N–H and O–H groups in total. The smallest absolute Gasteiger partial charge is 0.211 e. The lowest BCUT2D eigenvalue weighted by atomic mass is 9.98. The van der Waals surface area contributed by atoms with Crippen molar-refractivity contribution in [1.29, 1.82) is 0 Å². The van der Waals surface area contributed by atoms with Crippen molar-refractivity contribution >= 4 is 10.0 Å². The Morgan fingerprint density at radius 2 is 1.73 bits per heavy atom. The fraction of sp³-hybridized carbons (Fsp3) is 1.00. The maximum atomic E-state index is 11.4. The van der Waals surface area contributed by atoms with Crippen LogP contribution in [0.15, 0.2) is 0 Å².